The van der Waals surface area contributed by atoms with Gasteiger partial charge in [-0.05, 0) is 25.0 Å². The van der Waals surface area contributed by atoms with E-state index in [1.165, 1.54) is 32.3 Å². The molecule has 2 N–H and O–H groups in total. The molecule has 0 radical (unpaired) electrons. The highest BCUT2D eigenvalue weighted by atomic mass is 16.4. The van der Waals surface area contributed by atoms with Crippen LogP contribution in [0, 0.1) is 0 Å². The van der Waals surface area contributed by atoms with Crippen LogP contribution in [0.1, 0.15) is 12.8 Å². The Morgan fingerprint density at radius 3 is 2.25 bits per heavy atom. The van der Waals surface area contributed by atoms with E-state index in [1.54, 1.807) is 0 Å². The maximum absolute atomic E-state index is 9.55. The van der Waals surface area contributed by atoms with Gasteiger partial charge in [0.2, 0.25) is 6.39 Å². The Hall–Kier alpha value is -3.34. The van der Waals surface area contributed by atoms with Gasteiger partial charge in [0.25, 0.3) is 5.89 Å². The molecule has 5 heterocycles. The summed E-state index contributed by atoms with van der Waals surface area (Å²) in [6.45, 7) is 4.55. The van der Waals surface area contributed by atoms with Crippen LogP contribution in [0.5, 0.6) is 0 Å². The largest absolute Gasteiger partial charge is 0.478 e. The highest BCUT2D eigenvalue weighted by Gasteiger charge is 2.29. The standard InChI is InChI=1S/C13H16N6O.C4H4O4/c1-2-12(16-15-11(1)13-17-14-9-20-13)19-8-7-18-5-3-10(19)4-6-18;5-3(6)1-2-4(7)8/h1-2,9-10H,3-8H2;1-2H,(H,5,6)(H,7,8)/b;2-1+. The molecule has 28 heavy (non-hydrogen) atoms. The number of hydrogen-bond acceptors (Lipinski definition) is 9. The molecule has 2 aromatic rings. The molecule has 0 saturated carbocycles. The second-order valence-corrected chi connectivity index (χ2v) is 6.30. The molecule has 0 spiro atoms. The second kappa shape index (κ2) is 9.04. The number of aromatic nitrogens is 4. The van der Waals surface area contributed by atoms with Crippen molar-refractivity contribution >= 4 is 17.8 Å². The van der Waals surface area contributed by atoms with Crippen LogP contribution in [0.15, 0.2) is 35.1 Å². The van der Waals surface area contributed by atoms with Gasteiger partial charge in [0.05, 0.1) is 0 Å². The van der Waals surface area contributed by atoms with Crippen LogP contribution in [0.2, 0.25) is 0 Å². The molecule has 3 saturated heterocycles. The van der Waals surface area contributed by atoms with E-state index < -0.39 is 11.9 Å². The van der Waals surface area contributed by atoms with Crippen LogP contribution in [0.4, 0.5) is 5.82 Å². The van der Waals surface area contributed by atoms with Crippen molar-refractivity contribution < 1.29 is 24.2 Å². The molecule has 5 rings (SSSR count). The van der Waals surface area contributed by atoms with Crippen LogP contribution in [0.3, 0.4) is 0 Å². The van der Waals surface area contributed by atoms with Gasteiger partial charge < -0.3 is 24.4 Å². The molecule has 0 aromatic carbocycles. The van der Waals surface area contributed by atoms with Crippen LogP contribution < -0.4 is 4.90 Å². The van der Waals surface area contributed by atoms with E-state index in [0.717, 1.165) is 18.9 Å². The minimum absolute atomic E-state index is 0.409. The van der Waals surface area contributed by atoms with E-state index in [4.69, 9.17) is 14.6 Å². The van der Waals surface area contributed by atoms with Crippen molar-refractivity contribution in [3.63, 3.8) is 0 Å². The summed E-state index contributed by atoms with van der Waals surface area (Å²) in [7, 11) is 0. The fraction of sp³-hybridized carbons (Fsp3) is 0.412. The summed E-state index contributed by atoms with van der Waals surface area (Å²) in [6, 6.07) is 4.49. The first-order valence-corrected chi connectivity index (χ1v) is 8.76. The monoisotopic (exact) mass is 388 g/mol. The zero-order chi connectivity index (χ0) is 19.9. The van der Waals surface area contributed by atoms with Gasteiger partial charge in [-0.1, -0.05) is 0 Å². The molecule has 0 aliphatic carbocycles. The van der Waals surface area contributed by atoms with Crippen LogP contribution >= 0.6 is 0 Å². The number of aliphatic carboxylic acids is 2. The second-order valence-electron chi connectivity index (χ2n) is 6.30. The first kappa shape index (κ1) is 19.4. The lowest BCUT2D eigenvalue weighted by Gasteiger charge is -2.31. The van der Waals surface area contributed by atoms with Crippen LogP contribution in [0.25, 0.3) is 11.6 Å². The molecular formula is C17H20N6O5. The van der Waals surface area contributed by atoms with E-state index in [2.05, 4.69) is 30.2 Å². The summed E-state index contributed by atoms with van der Waals surface area (Å²) >= 11 is 0. The van der Waals surface area contributed by atoms with Crippen molar-refractivity contribution in [2.75, 3.05) is 31.1 Å². The Kier molecular flexibility index (Phi) is 6.27. The molecule has 0 atom stereocenters. The summed E-state index contributed by atoms with van der Waals surface area (Å²) in [5.41, 5.74) is 0.620. The van der Waals surface area contributed by atoms with E-state index in [9.17, 15) is 9.59 Å². The van der Waals surface area contributed by atoms with Crippen molar-refractivity contribution in [1.82, 2.24) is 25.3 Å². The van der Waals surface area contributed by atoms with E-state index in [1.807, 2.05) is 12.1 Å². The highest BCUT2D eigenvalue weighted by Crippen LogP contribution is 2.25. The van der Waals surface area contributed by atoms with Gasteiger partial charge >= 0.3 is 11.9 Å². The van der Waals surface area contributed by atoms with Gasteiger partial charge in [0.1, 0.15) is 5.69 Å². The molecule has 11 nitrogen and oxygen atoms in total. The van der Waals surface area contributed by atoms with E-state index >= 15 is 0 Å². The molecule has 148 valence electrons. The smallest absolute Gasteiger partial charge is 0.328 e. The van der Waals surface area contributed by atoms with Gasteiger partial charge in [-0.2, -0.15) is 0 Å². The van der Waals surface area contributed by atoms with E-state index in [0.29, 0.717) is 29.8 Å². The molecule has 2 aromatic heterocycles. The van der Waals surface area contributed by atoms with Crippen molar-refractivity contribution in [1.29, 1.82) is 0 Å². The third-order valence-electron chi connectivity index (χ3n) is 4.55. The average molecular weight is 388 g/mol. The molecule has 0 unspecified atom stereocenters. The maximum Gasteiger partial charge on any atom is 0.328 e. The fourth-order valence-corrected chi connectivity index (χ4v) is 3.21. The number of carboxylic acids is 2. The summed E-state index contributed by atoms with van der Waals surface area (Å²) in [4.78, 5) is 24.0. The fourth-order valence-electron chi connectivity index (χ4n) is 3.21. The molecule has 2 bridgehead atoms. The quantitative estimate of drug-likeness (QED) is 0.707. The Balaban J connectivity index is 0.000000242. The Morgan fingerprint density at radius 1 is 1.00 bits per heavy atom. The Bertz CT molecular complexity index is 799. The number of fused-ring (bicyclic) bond motifs is 4. The third kappa shape index (κ3) is 5.10. The van der Waals surface area contributed by atoms with Crippen molar-refractivity contribution in [2.24, 2.45) is 0 Å². The number of rotatable bonds is 4. The van der Waals surface area contributed by atoms with Crippen LogP contribution in [-0.4, -0.2) is 79.7 Å². The number of anilines is 1. The summed E-state index contributed by atoms with van der Waals surface area (Å²) in [5.74, 6) is -1.16. The normalized spacial score (nSPS) is 21.1. The van der Waals surface area contributed by atoms with Gasteiger partial charge in [-0.25, -0.2) is 9.59 Å². The Morgan fingerprint density at radius 2 is 1.71 bits per heavy atom. The van der Waals surface area contributed by atoms with Crippen molar-refractivity contribution in [3.05, 3.63) is 30.7 Å². The molecule has 3 aliphatic rings. The number of nitrogens with zero attached hydrogens (tertiary/aromatic N) is 6. The lowest BCUT2D eigenvalue weighted by atomic mass is 10.1. The SMILES string of the molecule is O=C(O)/C=C/C(=O)O.c1nnc(-c2ccc(N3CCN4CCC3CC4)nn2)o1. The van der Waals surface area contributed by atoms with Gasteiger partial charge in [-0.15, -0.1) is 20.4 Å². The lowest BCUT2D eigenvalue weighted by Crippen LogP contribution is -2.38. The molecule has 11 heteroatoms. The van der Waals surface area contributed by atoms with Crippen LogP contribution in [-0.2, 0) is 9.59 Å². The number of carbonyl (C=O) groups is 2. The number of carboxylic acid groups (broad SMARTS) is 2. The molecule has 0 amide bonds. The lowest BCUT2D eigenvalue weighted by molar-refractivity contribution is -0.134. The predicted octanol–water partition coefficient (Wildman–Crippen LogP) is 0.523. The molecule has 3 fully saturated rings. The zero-order valence-corrected chi connectivity index (χ0v) is 15.0. The first-order valence-electron chi connectivity index (χ1n) is 8.76. The summed E-state index contributed by atoms with van der Waals surface area (Å²) < 4.78 is 5.13. The Labute approximate surface area is 160 Å². The third-order valence-corrected chi connectivity index (χ3v) is 4.55. The topological polar surface area (TPSA) is 146 Å². The maximum atomic E-state index is 9.55. The van der Waals surface area contributed by atoms with Crippen molar-refractivity contribution in [3.8, 4) is 11.6 Å². The van der Waals surface area contributed by atoms with Gasteiger partial charge in [-0.3, -0.25) is 0 Å². The predicted molar refractivity (Wildman–Crippen MR) is 96.5 cm³/mol. The van der Waals surface area contributed by atoms with E-state index in [-0.39, 0.29) is 0 Å². The van der Waals surface area contributed by atoms with Gasteiger partial charge in [0, 0.05) is 44.4 Å². The highest BCUT2D eigenvalue weighted by molar-refractivity contribution is 5.89. The minimum Gasteiger partial charge on any atom is -0.478 e. The van der Waals surface area contributed by atoms with Gasteiger partial charge in [0.15, 0.2) is 5.82 Å². The number of hydrogen-bond donors (Lipinski definition) is 2. The summed E-state index contributed by atoms with van der Waals surface area (Å²) in [6.07, 6.45) is 4.84. The molecular weight excluding hydrogens is 368 g/mol. The first-order chi connectivity index (χ1) is 13.5. The molecule has 3 aliphatic heterocycles. The summed E-state index contributed by atoms with van der Waals surface area (Å²) in [5, 5.41) is 31.7. The minimum atomic E-state index is -1.26. The zero-order valence-electron chi connectivity index (χ0n) is 15.0. The average Bonchev–Trinajstić information content (AvgIpc) is 3.07. The van der Waals surface area contributed by atoms with Crippen molar-refractivity contribution in [2.45, 2.75) is 18.9 Å². The number of piperidine rings is 1.